The maximum Gasteiger partial charge on any atom is 2.00 e. The van der Waals surface area contributed by atoms with Gasteiger partial charge >= 0.3 is 21.1 Å². The fourth-order valence-electron chi connectivity index (χ4n) is 1.89. The molecule has 0 aliphatic heterocycles. The van der Waals surface area contributed by atoms with E-state index in [9.17, 15) is 0 Å². The molecule has 0 aliphatic carbocycles. The minimum Gasteiger partial charge on any atom is -0.335 e. The maximum atomic E-state index is 2.26. The molecule has 148 valence electrons. The SMILES string of the molecule is C.C.CC(C)CC(C)C.CC(C)CC(C)C.C[CH-]C.C[CH-]C.[W+2]. The Bertz CT molecular complexity index is 97.9. The van der Waals surface area contributed by atoms with Crippen molar-refractivity contribution >= 4 is 0 Å². The van der Waals surface area contributed by atoms with Crippen LogP contribution in [0.4, 0.5) is 0 Å². The molecule has 0 aromatic carbocycles. The summed E-state index contributed by atoms with van der Waals surface area (Å²) in [6.45, 7) is 26.1. The standard InChI is InChI=1S/2C7H16.2C3H7.2CH4.W/c2*1-6(2)5-7(3)4;2*1-3-2;;;/h2*6-7H,5H2,1-4H3;2*3H,1-2H3;2*1H4;/q;;2*-1;;;+2. The fraction of sp³-hybridized carbons (Fsp3) is 0.909. The largest absolute Gasteiger partial charge is 2.00 e. The summed E-state index contributed by atoms with van der Waals surface area (Å²) in [6.07, 6.45) is 6.72. The van der Waals surface area contributed by atoms with Gasteiger partial charge in [-0.2, -0.15) is 27.7 Å². The first-order valence-corrected chi connectivity index (χ1v) is 8.56. The molecule has 0 aromatic rings. The molecule has 0 radical (unpaired) electrons. The maximum absolute atomic E-state index is 2.26. The van der Waals surface area contributed by atoms with Crippen LogP contribution in [0.5, 0.6) is 0 Å². The van der Waals surface area contributed by atoms with Crippen LogP contribution < -0.4 is 0 Å². The smallest absolute Gasteiger partial charge is 0.335 e. The minimum absolute atomic E-state index is 0. The van der Waals surface area contributed by atoms with E-state index in [2.05, 4.69) is 55.4 Å². The quantitative estimate of drug-likeness (QED) is 0.336. The van der Waals surface area contributed by atoms with Crippen molar-refractivity contribution in [3.8, 4) is 0 Å². The van der Waals surface area contributed by atoms with E-state index in [1.54, 1.807) is 0 Å². The molecule has 0 amide bonds. The van der Waals surface area contributed by atoms with Gasteiger partial charge in [0, 0.05) is 0 Å². The molecule has 0 unspecified atom stereocenters. The molecule has 0 fully saturated rings. The van der Waals surface area contributed by atoms with Gasteiger partial charge in [0.05, 0.1) is 0 Å². The molecule has 0 aliphatic rings. The van der Waals surface area contributed by atoms with Crippen molar-refractivity contribution in [3.05, 3.63) is 12.8 Å². The Labute approximate surface area is 168 Å². The molecule has 0 heterocycles. The molecule has 0 nitrogen and oxygen atoms in total. The summed E-state index contributed by atoms with van der Waals surface area (Å²) in [5.41, 5.74) is 0. The van der Waals surface area contributed by atoms with Crippen molar-refractivity contribution in [3.63, 3.8) is 0 Å². The van der Waals surface area contributed by atoms with Crippen molar-refractivity contribution in [1.82, 2.24) is 0 Å². The van der Waals surface area contributed by atoms with E-state index < -0.39 is 0 Å². The van der Waals surface area contributed by atoms with E-state index in [-0.39, 0.29) is 35.9 Å². The van der Waals surface area contributed by atoms with E-state index in [1.807, 2.05) is 40.5 Å². The summed E-state index contributed by atoms with van der Waals surface area (Å²) in [5, 5.41) is 0. The van der Waals surface area contributed by atoms with Gasteiger partial charge in [-0.1, -0.05) is 70.2 Å². The summed E-state index contributed by atoms with van der Waals surface area (Å²) in [7, 11) is 0. The first kappa shape index (κ1) is 43.8. The third-order valence-electron chi connectivity index (χ3n) is 1.89. The van der Waals surface area contributed by atoms with Crippen LogP contribution >= 0.6 is 0 Å². The average molecular weight is 503 g/mol. The molecule has 0 spiro atoms. The van der Waals surface area contributed by atoms with E-state index in [1.165, 1.54) is 12.8 Å². The summed E-state index contributed by atoms with van der Waals surface area (Å²) in [4.78, 5) is 0. The van der Waals surface area contributed by atoms with Gasteiger partial charge in [-0.3, -0.25) is 0 Å². The van der Waals surface area contributed by atoms with Crippen LogP contribution in [-0.2, 0) is 21.1 Å². The third kappa shape index (κ3) is 129. The predicted octanol–water partition coefficient (Wildman–Crippen LogP) is 9.11. The van der Waals surface area contributed by atoms with Gasteiger partial charge in [0.15, 0.2) is 0 Å². The fourth-order valence-corrected chi connectivity index (χ4v) is 1.89. The summed E-state index contributed by atoms with van der Waals surface area (Å²) < 4.78 is 0. The Balaban J connectivity index is -0.0000000304. The number of hydrogen-bond acceptors (Lipinski definition) is 0. The van der Waals surface area contributed by atoms with Crippen molar-refractivity contribution in [2.45, 2.75) is 111 Å². The molecule has 0 saturated carbocycles. The second-order valence-corrected chi connectivity index (χ2v) is 7.20. The molecule has 0 atom stereocenters. The van der Waals surface area contributed by atoms with Gasteiger partial charge < -0.3 is 12.8 Å². The Kier molecular flexibility index (Phi) is 72.9. The predicted molar refractivity (Wildman–Crippen MR) is 113 cm³/mol. The zero-order valence-corrected chi connectivity index (χ0v) is 20.2. The van der Waals surface area contributed by atoms with E-state index in [0.717, 1.165) is 23.7 Å². The normalized spacial score (nSPS) is 8.35. The van der Waals surface area contributed by atoms with E-state index >= 15 is 0 Å². The van der Waals surface area contributed by atoms with Crippen LogP contribution in [0.25, 0.3) is 0 Å². The molecule has 0 rings (SSSR count). The summed E-state index contributed by atoms with van der Waals surface area (Å²) in [6, 6.07) is 0. The summed E-state index contributed by atoms with van der Waals surface area (Å²) in [5.74, 6) is 3.50. The van der Waals surface area contributed by atoms with Crippen LogP contribution in [0.3, 0.4) is 0 Å². The van der Waals surface area contributed by atoms with Gasteiger partial charge in [-0.05, 0) is 36.5 Å². The Morgan fingerprint density at radius 3 is 0.565 bits per heavy atom. The first-order valence-electron chi connectivity index (χ1n) is 8.56. The third-order valence-corrected chi connectivity index (χ3v) is 1.89. The van der Waals surface area contributed by atoms with Crippen molar-refractivity contribution < 1.29 is 21.1 Å². The van der Waals surface area contributed by atoms with Crippen LogP contribution in [0.1, 0.15) is 111 Å². The summed E-state index contributed by atoms with van der Waals surface area (Å²) >= 11 is 0. The van der Waals surface area contributed by atoms with Crippen molar-refractivity contribution in [1.29, 1.82) is 0 Å². The first-order chi connectivity index (χ1) is 9.08. The second-order valence-electron chi connectivity index (χ2n) is 7.20. The molecule has 0 aromatic heterocycles. The van der Waals surface area contributed by atoms with Crippen molar-refractivity contribution in [2.24, 2.45) is 23.7 Å². The average Bonchev–Trinajstić information content (AvgIpc) is 2.15. The number of hydrogen-bond donors (Lipinski definition) is 0. The van der Waals surface area contributed by atoms with Crippen LogP contribution in [0, 0.1) is 36.5 Å². The zero-order valence-electron chi connectivity index (χ0n) is 17.3. The molecule has 23 heavy (non-hydrogen) atoms. The molecule has 0 bridgehead atoms. The van der Waals surface area contributed by atoms with E-state index in [0.29, 0.717) is 0 Å². The second kappa shape index (κ2) is 38.3. The number of rotatable bonds is 4. The monoisotopic (exact) mass is 502 g/mol. The minimum atomic E-state index is 0. The van der Waals surface area contributed by atoms with Crippen LogP contribution in [0.15, 0.2) is 0 Å². The van der Waals surface area contributed by atoms with Gasteiger partial charge in [0.25, 0.3) is 0 Å². The zero-order chi connectivity index (χ0) is 17.1. The molecule has 0 N–H and O–H groups in total. The topological polar surface area (TPSA) is 0 Å². The van der Waals surface area contributed by atoms with Gasteiger partial charge in [0.2, 0.25) is 0 Å². The Morgan fingerprint density at radius 2 is 0.565 bits per heavy atom. The van der Waals surface area contributed by atoms with Gasteiger partial charge in [-0.25, -0.2) is 0 Å². The molecule has 1 heteroatoms. The Morgan fingerprint density at radius 1 is 0.478 bits per heavy atom. The van der Waals surface area contributed by atoms with Gasteiger partial charge in [0.1, 0.15) is 0 Å². The Hall–Kier alpha value is 0.688. The molecule has 0 saturated heterocycles. The van der Waals surface area contributed by atoms with Crippen LogP contribution in [0.2, 0.25) is 0 Å². The molecular weight excluding hydrogens is 448 g/mol. The van der Waals surface area contributed by atoms with Crippen molar-refractivity contribution in [2.75, 3.05) is 0 Å². The van der Waals surface area contributed by atoms with E-state index in [4.69, 9.17) is 0 Å². The van der Waals surface area contributed by atoms with Gasteiger partial charge in [-0.15, -0.1) is 0 Å². The van der Waals surface area contributed by atoms with Crippen LogP contribution in [-0.4, -0.2) is 0 Å². The molecular formula is C22H54W.